The van der Waals surface area contributed by atoms with E-state index < -0.39 is 10.9 Å². The molecule has 1 amide bonds. The van der Waals surface area contributed by atoms with Gasteiger partial charge in [0.25, 0.3) is 0 Å². The maximum atomic E-state index is 12.5. The van der Waals surface area contributed by atoms with Crippen LogP contribution in [0.25, 0.3) is 0 Å². The molecule has 0 aliphatic rings. The zero-order valence-corrected chi connectivity index (χ0v) is 20.1. The quantitative estimate of drug-likeness (QED) is 0.287. The van der Waals surface area contributed by atoms with Crippen LogP contribution in [0.4, 0.5) is 16.5 Å². The number of carbonyl (C=O) groups is 2. The monoisotopic (exact) mass is 471 g/mol. The Balaban J connectivity index is 1.73. The number of carbonyl (C=O) groups excluding carboxylic acids is 2. The van der Waals surface area contributed by atoms with E-state index in [1.54, 1.807) is 10.3 Å². The molecule has 0 bridgehead atoms. The van der Waals surface area contributed by atoms with E-state index in [1.165, 1.54) is 36.8 Å². The van der Waals surface area contributed by atoms with Crippen molar-refractivity contribution in [3.8, 4) is 0 Å². The smallest absolute Gasteiger partial charge is 0.328 e. The molecule has 2 heterocycles. The first kappa shape index (κ1) is 24.1. The standard InChI is InChI=1S/C22H25N5O5S/c1-12-7-13(2)20(14(3)8-12)26(17(6)28)22-23-18(11-33-22)10-32-19(29)9-25-16(5)21(27(30)31)15(4)24-25/h7-8,11H,9-10H2,1-6H3. The zero-order chi connectivity index (χ0) is 24.4. The number of hydrogen-bond donors (Lipinski definition) is 0. The first-order chi connectivity index (χ1) is 15.5. The van der Waals surface area contributed by atoms with Gasteiger partial charge in [0.05, 0.1) is 16.3 Å². The lowest BCUT2D eigenvalue weighted by molar-refractivity contribution is -0.386. The summed E-state index contributed by atoms with van der Waals surface area (Å²) in [5.41, 5.74) is 4.73. The second-order valence-corrected chi connectivity index (χ2v) is 8.65. The van der Waals surface area contributed by atoms with Gasteiger partial charge in [-0.2, -0.15) is 5.10 Å². The predicted molar refractivity (Wildman–Crippen MR) is 124 cm³/mol. The normalized spacial score (nSPS) is 10.8. The molecule has 0 unspecified atom stereocenters. The molecule has 0 atom stereocenters. The van der Waals surface area contributed by atoms with Gasteiger partial charge in [-0.1, -0.05) is 17.7 Å². The molecule has 0 radical (unpaired) electrons. The Bertz CT molecular complexity index is 1220. The number of hydrogen-bond acceptors (Lipinski definition) is 8. The fourth-order valence-electron chi connectivity index (χ4n) is 3.81. The van der Waals surface area contributed by atoms with Crippen LogP contribution in [0.5, 0.6) is 0 Å². The average molecular weight is 472 g/mol. The Morgan fingerprint density at radius 1 is 1.18 bits per heavy atom. The number of benzene rings is 1. The highest BCUT2D eigenvalue weighted by Crippen LogP contribution is 2.34. The van der Waals surface area contributed by atoms with Gasteiger partial charge < -0.3 is 4.74 Å². The van der Waals surface area contributed by atoms with Crippen molar-refractivity contribution in [3.63, 3.8) is 0 Å². The largest absolute Gasteiger partial charge is 0.458 e. The fourth-order valence-corrected chi connectivity index (χ4v) is 4.66. The number of aromatic nitrogens is 3. The van der Waals surface area contributed by atoms with Crippen molar-refractivity contribution in [3.05, 3.63) is 61.4 Å². The van der Waals surface area contributed by atoms with Gasteiger partial charge in [-0.05, 0) is 45.7 Å². The molecule has 2 aromatic heterocycles. The van der Waals surface area contributed by atoms with Crippen LogP contribution in [-0.4, -0.2) is 31.6 Å². The molecule has 10 nitrogen and oxygen atoms in total. The van der Waals surface area contributed by atoms with Gasteiger partial charge in [0.2, 0.25) is 5.91 Å². The van der Waals surface area contributed by atoms with E-state index in [4.69, 9.17) is 4.74 Å². The molecule has 3 rings (SSSR count). The highest BCUT2D eigenvalue weighted by molar-refractivity contribution is 7.14. The number of esters is 1. The molecule has 11 heteroatoms. The third-order valence-corrected chi connectivity index (χ3v) is 5.97. The Morgan fingerprint density at radius 3 is 2.36 bits per heavy atom. The van der Waals surface area contributed by atoms with Crippen molar-refractivity contribution in [2.24, 2.45) is 0 Å². The second-order valence-electron chi connectivity index (χ2n) is 7.82. The zero-order valence-electron chi connectivity index (χ0n) is 19.3. The van der Waals surface area contributed by atoms with Crippen molar-refractivity contribution in [2.75, 3.05) is 4.90 Å². The van der Waals surface area contributed by atoms with E-state index in [-0.39, 0.29) is 36.1 Å². The molecule has 174 valence electrons. The molecule has 1 aromatic carbocycles. The van der Waals surface area contributed by atoms with E-state index in [9.17, 15) is 19.7 Å². The van der Waals surface area contributed by atoms with Crippen LogP contribution in [0.2, 0.25) is 0 Å². The van der Waals surface area contributed by atoms with Crippen molar-refractivity contribution in [1.82, 2.24) is 14.8 Å². The van der Waals surface area contributed by atoms with Crippen LogP contribution < -0.4 is 4.90 Å². The van der Waals surface area contributed by atoms with E-state index >= 15 is 0 Å². The van der Waals surface area contributed by atoms with E-state index in [2.05, 4.69) is 10.1 Å². The summed E-state index contributed by atoms with van der Waals surface area (Å²) in [6.07, 6.45) is 0. The number of anilines is 2. The Kier molecular flexibility index (Phi) is 6.92. The molecular weight excluding hydrogens is 446 g/mol. The van der Waals surface area contributed by atoms with Crippen LogP contribution in [0.3, 0.4) is 0 Å². The van der Waals surface area contributed by atoms with Crippen LogP contribution in [0, 0.1) is 44.7 Å². The van der Waals surface area contributed by atoms with Crippen molar-refractivity contribution in [1.29, 1.82) is 0 Å². The Labute approximate surface area is 195 Å². The topological polar surface area (TPSA) is 120 Å². The Morgan fingerprint density at radius 2 is 1.82 bits per heavy atom. The van der Waals surface area contributed by atoms with Crippen LogP contribution in [0.1, 0.15) is 40.7 Å². The number of thiazole rings is 1. The number of nitro groups is 1. The highest BCUT2D eigenvalue weighted by Gasteiger charge is 2.24. The minimum Gasteiger partial charge on any atom is -0.458 e. The van der Waals surface area contributed by atoms with Crippen LogP contribution >= 0.6 is 11.3 Å². The molecule has 0 fully saturated rings. The fraction of sp³-hybridized carbons (Fsp3) is 0.364. The van der Waals surface area contributed by atoms with Crippen molar-refractivity contribution in [2.45, 2.75) is 54.7 Å². The SMILES string of the molecule is CC(=O)N(c1nc(COC(=O)Cn2nc(C)c([N+](=O)[O-])c2C)cs1)c1c(C)cc(C)cc1C. The van der Waals surface area contributed by atoms with Gasteiger partial charge >= 0.3 is 11.7 Å². The maximum Gasteiger partial charge on any atom is 0.328 e. The highest BCUT2D eigenvalue weighted by atomic mass is 32.1. The Hall–Kier alpha value is -3.60. The van der Waals surface area contributed by atoms with Crippen molar-refractivity contribution < 1.29 is 19.2 Å². The van der Waals surface area contributed by atoms with Crippen LogP contribution in [0.15, 0.2) is 17.5 Å². The molecule has 33 heavy (non-hydrogen) atoms. The first-order valence-corrected chi connectivity index (χ1v) is 11.0. The lowest BCUT2D eigenvalue weighted by Crippen LogP contribution is -2.24. The summed E-state index contributed by atoms with van der Waals surface area (Å²) in [4.78, 5) is 41.4. The van der Waals surface area contributed by atoms with Gasteiger partial charge in [0.15, 0.2) is 5.13 Å². The molecule has 0 spiro atoms. The maximum absolute atomic E-state index is 12.5. The summed E-state index contributed by atoms with van der Waals surface area (Å²) in [5.74, 6) is -0.771. The number of nitrogens with zero attached hydrogens (tertiary/aromatic N) is 5. The molecular formula is C22H25N5O5S. The minimum absolute atomic E-state index is 0.0890. The van der Waals surface area contributed by atoms with Gasteiger partial charge in [0.1, 0.15) is 24.5 Å². The summed E-state index contributed by atoms with van der Waals surface area (Å²) < 4.78 is 6.54. The van der Waals surface area contributed by atoms with E-state index in [0.717, 1.165) is 22.4 Å². The summed E-state index contributed by atoms with van der Waals surface area (Å²) in [7, 11) is 0. The third kappa shape index (κ3) is 5.08. The van der Waals surface area contributed by atoms with Crippen LogP contribution in [-0.2, 0) is 27.5 Å². The summed E-state index contributed by atoms with van der Waals surface area (Å²) in [6, 6.07) is 4.02. The van der Waals surface area contributed by atoms with Crippen molar-refractivity contribution >= 4 is 39.7 Å². The van der Waals surface area contributed by atoms with Gasteiger partial charge in [-0.15, -0.1) is 11.3 Å². The second kappa shape index (κ2) is 9.49. The number of ether oxygens (including phenoxy) is 1. The number of aryl methyl sites for hydroxylation is 4. The van der Waals surface area contributed by atoms with E-state index in [1.807, 2.05) is 32.9 Å². The minimum atomic E-state index is -0.598. The summed E-state index contributed by atoms with van der Waals surface area (Å²) in [5, 5.41) is 17.4. The molecule has 0 aliphatic heterocycles. The summed E-state index contributed by atoms with van der Waals surface area (Å²) >= 11 is 1.28. The number of amides is 1. The summed E-state index contributed by atoms with van der Waals surface area (Å²) in [6.45, 7) is 10.1. The molecule has 0 aliphatic carbocycles. The lowest BCUT2D eigenvalue weighted by Gasteiger charge is -2.23. The average Bonchev–Trinajstić information content (AvgIpc) is 3.26. The molecule has 0 N–H and O–H groups in total. The third-order valence-electron chi connectivity index (χ3n) is 5.09. The lowest BCUT2D eigenvalue weighted by atomic mass is 10.0. The first-order valence-electron chi connectivity index (χ1n) is 10.2. The predicted octanol–water partition coefficient (Wildman–Crippen LogP) is 4.22. The van der Waals surface area contributed by atoms with Gasteiger partial charge in [0, 0.05) is 12.3 Å². The molecule has 3 aromatic rings. The van der Waals surface area contributed by atoms with E-state index in [0.29, 0.717) is 10.8 Å². The molecule has 0 saturated heterocycles. The van der Waals surface area contributed by atoms with Gasteiger partial charge in [-0.25, -0.2) is 4.98 Å². The number of rotatable bonds is 7. The van der Waals surface area contributed by atoms with Gasteiger partial charge in [-0.3, -0.25) is 29.3 Å². The molecule has 0 saturated carbocycles.